The standard InChI is InChI=1S/C33H28Cl2N2O2/c1-38-32-17-21(9-16-31(32)39-20-23-10-13-24(34)18-29(23)35)19-36-25-14-11-22(12-15-25)33-28-7-4-6-26(28)27-5-2-3-8-30(27)37-33/h2-6,8-19,26,28,33,37H,7,20H2,1H3/t26-,28-,33+/m1/s1. The summed E-state index contributed by atoms with van der Waals surface area (Å²) in [5.74, 6) is 2.25. The summed E-state index contributed by atoms with van der Waals surface area (Å²) in [6, 6.07) is 28.6. The predicted molar refractivity (Wildman–Crippen MR) is 160 cm³/mol. The SMILES string of the molecule is COc1cc(C=Nc2ccc([C@@H]3Nc4ccccc4[C@H]4C=CC[C@H]43)cc2)ccc1OCc1ccc(Cl)cc1Cl. The summed E-state index contributed by atoms with van der Waals surface area (Å²) < 4.78 is 11.5. The van der Waals surface area contributed by atoms with Gasteiger partial charge in [-0.1, -0.05) is 71.8 Å². The van der Waals surface area contributed by atoms with Gasteiger partial charge in [0.25, 0.3) is 0 Å². The first-order valence-corrected chi connectivity index (χ1v) is 13.8. The van der Waals surface area contributed by atoms with Gasteiger partial charge in [0, 0.05) is 33.4 Å². The highest BCUT2D eigenvalue weighted by Crippen LogP contribution is 2.49. The maximum absolute atomic E-state index is 6.27. The number of anilines is 1. The van der Waals surface area contributed by atoms with Crippen molar-refractivity contribution in [2.45, 2.75) is 25.0 Å². The molecule has 4 aromatic carbocycles. The molecule has 39 heavy (non-hydrogen) atoms. The van der Waals surface area contributed by atoms with Gasteiger partial charge in [0.2, 0.25) is 0 Å². The molecule has 4 aromatic rings. The lowest BCUT2D eigenvalue weighted by Crippen LogP contribution is -2.28. The van der Waals surface area contributed by atoms with Crippen LogP contribution in [0.4, 0.5) is 11.4 Å². The van der Waals surface area contributed by atoms with Crippen LogP contribution in [0.15, 0.2) is 102 Å². The van der Waals surface area contributed by atoms with Crippen LogP contribution >= 0.6 is 23.2 Å². The molecular weight excluding hydrogens is 527 g/mol. The molecule has 6 rings (SSSR count). The monoisotopic (exact) mass is 554 g/mol. The summed E-state index contributed by atoms with van der Waals surface area (Å²) >= 11 is 12.3. The summed E-state index contributed by atoms with van der Waals surface area (Å²) in [5, 5.41) is 4.95. The minimum atomic E-state index is 0.275. The van der Waals surface area contributed by atoms with E-state index in [1.54, 1.807) is 19.2 Å². The van der Waals surface area contributed by atoms with E-state index in [2.05, 4.69) is 66.0 Å². The van der Waals surface area contributed by atoms with Gasteiger partial charge < -0.3 is 14.8 Å². The first-order valence-electron chi connectivity index (χ1n) is 13.0. The lowest BCUT2D eigenvalue weighted by Gasteiger charge is -2.37. The number of allylic oxidation sites excluding steroid dienone is 2. The molecule has 0 saturated heterocycles. The van der Waals surface area contributed by atoms with Crippen molar-refractivity contribution in [1.29, 1.82) is 0 Å². The fourth-order valence-electron chi connectivity index (χ4n) is 5.47. The summed E-state index contributed by atoms with van der Waals surface area (Å²) in [6.45, 7) is 0.311. The molecule has 0 fully saturated rings. The van der Waals surface area contributed by atoms with Crippen LogP contribution in [0.2, 0.25) is 10.0 Å². The molecule has 4 nitrogen and oxygen atoms in total. The van der Waals surface area contributed by atoms with Crippen molar-refractivity contribution in [3.8, 4) is 11.5 Å². The van der Waals surface area contributed by atoms with Crippen molar-refractivity contribution in [2.75, 3.05) is 12.4 Å². The number of rotatable bonds is 7. The molecule has 0 aromatic heterocycles. The van der Waals surface area contributed by atoms with Crippen LogP contribution in [0.1, 0.15) is 40.6 Å². The third-order valence-electron chi connectivity index (χ3n) is 7.47. The molecule has 1 heterocycles. The Labute approximate surface area is 238 Å². The minimum Gasteiger partial charge on any atom is -0.493 e. The Hall–Kier alpha value is -3.73. The number of nitrogens with zero attached hydrogens (tertiary/aromatic N) is 1. The van der Waals surface area contributed by atoms with E-state index in [0.717, 1.165) is 23.2 Å². The lowest BCUT2D eigenvalue weighted by atomic mass is 9.77. The van der Waals surface area contributed by atoms with E-state index in [9.17, 15) is 0 Å². The number of halogens is 2. The van der Waals surface area contributed by atoms with E-state index in [0.29, 0.717) is 40.0 Å². The molecule has 3 atom stereocenters. The summed E-state index contributed by atoms with van der Waals surface area (Å²) in [5.41, 5.74) is 6.58. The molecule has 1 aliphatic heterocycles. The van der Waals surface area contributed by atoms with E-state index in [1.165, 1.54) is 16.8 Å². The number of fused-ring (bicyclic) bond motifs is 3. The normalized spacial score (nSPS) is 19.4. The molecule has 1 N–H and O–H groups in total. The highest BCUT2D eigenvalue weighted by Gasteiger charge is 2.37. The number of methoxy groups -OCH3 is 1. The van der Waals surface area contributed by atoms with E-state index >= 15 is 0 Å². The van der Waals surface area contributed by atoms with E-state index in [1.807, 2.05) is 30.5 Å². The fourth-order valence-corrected chi connectivity index (χ4v) is 5.93. The zero-order valence-corrected chi connectivity index (χ0v) is 23.0. The molecular formula is C33H28Cl2N2O2. The van der Waals surface area contributed by atoms with Crippen LogP contribution in [-0.2, 0) is 6.61 Å². The quantitative estimate of drug-likeness (QED) is 0.183. The fraction of sp³-hybridized carbons (Fsp3) is 0.182. The third-order valence-corrected chi connectivity index (χ3v) is 8.06. The minimum absolute atomic E-state index is 0.275. The number of nitrogens with one attached hydrogen (secondary N) is 1. The highest BCUT2D eigenvalue weighted by atomic mass is 35.5. The Balaban J connectivity index is 1.14. The van der Waals surface area contributed by atoms with Crippen LogP contribution in [0.3, 0.4) is 0 Å². The molecule has 0 saturated carbocycles. The van der Waals surface area contributed by atoms with Crippen molar-refractivity contribution in [3.05, 3.63) is 129 Å². The average molecular weight is 556 g/mol. The second-order valence-electron chi connectivity index (χ2n) is 9.85. The van der Waals surface area contributed by atoms with Gasteiger partial charge in [0.1, 0.15) is 6.61 Å². The Morgan fingerprint density at radius 1 is 0.949 bits per heavy atom. The average Bonchev–Trinajstić information content (AvgIpc) is 3.46. The smallest absolute Gasteiger partial charge is 0.161 e. The van der Waals surface area contributed by atoms with Gasteiger partial charge >= 0.3 is 0 Å². The number of hydrogen-bond acceptors (Lipinski definition) is 4. The molecule has 0 spiro atoms. The topological polar surface area (TPSA) is 42.8 Å². The van der Waals surface area contributed by atoms with Crippen molar-refractivity contribution < 1.29 is 9.47 Å². The Bertz CT molecular complexity index is 1550. The Kier molecular flexibility index (Phi) is 7.32. The van der Waals surface area contributed by atoms with Gasteiger partial charge in [0.15, 0.2) is 11.5 Å². The number of benzene rings is 4. The van der Waals surface area contributed by atoms with Crippen molar-refractivity contribution >= 4 is 40.8 Å². The van der Waals surface area contributed by atoms with Crippen LogP contribution in [0, 0.1) is 5.92 Å². The second kappa shape index (κ2) is 11.2. The van der Waals surface area contributed by atoms with Gasteiger partial charge in [-0.05, 0) is 77.6 Å². The van der Waals surface area contributed by atoms with Crippen LogP contribution < -0.4 is 14.8 Å². The van der Waals surface area contributed by atoms with Crippen LogP contribution in [0.25, 0.3) is 0 Å². The molecule has 6 heteroatoms. The molecule has 0 unspecified atom stereocenters. The van der Waals surface area contributed by atoms with Crippen molar-refractivity contribution in [3.63, 3.8) is 0 Å². The summed E-state index contributed by atoms with van der Waals surface area (Å²) in [6.07, 6.45) is 7.61. The molecule has 0 bridgehead atoms. The number of hydrogen-bond donors (Lipinski definition) is 1. The zero-order valence-electron chi connectivity index (χ0n) is 21.5. The van der Waals surface area contributed by atoms with E-state index < -0.39 is 0 Å². The van der Waals surface area contributed by atoms with Gasteiger partial charge in [-0.2, -0.15) is 0 Å². The maximum atomic E-state index is 6.27. The van der Waals surface area contributed by atoms with Crippen molar-refractivity contribution in [2.24, 2.45) is 10.9 Å². The van der Waals surface area contributed by atoms with Crippen molar-refractivity contribution in [1.82, 2.24) is 0 Å². The van der Waals surface area contributed by atoms with Gasteiger partial charge in [-0.3, -0.25) is 4.99 Å². The molecule has 0 radical (unpaired) electrons. The Morgan fingerprint density at radius 2 is 1.79 bits per heavy atom. The van der Waals surface area contributed by atoms with Crippen LogP contribution in [-0.4, -0.2) is 13.3 Å². The molecule has 0 amide bonds. The third kappa shape index (κ3) is 5.40. The predicted octanol–water partition coefficient (Wildman–Crippen LogP) is 9.16. The van der Waals surface area contributed by atoms with Gasteiger partial charge in [-0.15, -0.1) is 0 Å². The molecule has 2 aliphatic rings. The van der Waals surface area contributed by atoms with E-state index in [-0.39, 0.29) is 6.04 Å². The number of para-hydroxylation sites is 1. The molecule has 196 valence electrons. The number of ether oxygens (including phenoxy) is 2. The Morgan fingerprint density at radius 3 is 2.62 bits per heavy atom. The van der Waals surface area contributed by atoms with E-state index in [4.69, 9.17) is 37.7 Å². The summed E-state index contributed by atoms with van der Waals surface area (Å²) in [4.78, 5) is 4.70. The second-order valence-corrected chi connectivity index (χ2v) is 10.7. The maximum Gasteiger partial charge on any atom is 0.161 e. The largest absolute Gasteiger partial charge is 0.493 e. The van der Waals surface area contributed by atoms with Gasteiger partial charge in [0.05, 0.1) is 18.8 Å². The number of aliphatic imine (C=N–C) groups is 1. The lowest BCUT2D eigenvalue weighted by molar-refractivity contribution is 0.284. The van der Waals surface area contributed by atoms with Gasteiger partial charge in [-0.25, -0.2) is 0 Å². The van der Waals surface area contributed by atoms with Crippen LogP contribution in [0.5, 0.6) is 11.5 Å². The molecule has 1 aliphatic carbocycles. The first kappa shape index (κ1) is 25.5. The first-order chi connectivity index (χ1) is 19.1. The highest BCUT2D eigenvalue weighted by molar-refractivity contribution is 6.35. The summed E-state index contributed by atoms with van der Waals surface area (Å²) in [7, 11) is 1.62. The zero-order chi connectivity index (χ0) is 26.8.